The smallest absolute Gasteiger partial charge is 0.433 e. The van der Waals surface area contributed by atoms with Crippen molar-refractivity contribution in [3.05, 3.63) is 83.1 Å². The lowest BCUT2D eigenvalue weighted by Gasteiger charge is -2.07. The van der Waals surface area contributed by atoms with E-state index in [1.54, 1.807) is 53.5 Å². The molecule has 0 radical (unpaired) electrons. The molecular formula is C18H12N6O5. The van der Waals surface area contributed by atoms with E-state index in [0.717, 1.165) is 6.07 Å². The molecule has 11 heteroatoms. The van der Waals surface area contributed by atoms with Gasteiger partial charge in [0.1, 0.15) is 17.0 Å². The molecule has 0 aliphatic rings. The summed E-state index contributed by atoms with van der Waals surface area (Å²) in [6.07, 6.45) is 4.75. The van der Waals surface area contributed by atoms with Gasteiger partial charge in [0.15, 0.2) is 11.6 Å². The van der Waals surface area contributed by atoms with Crippen molar-refractivity contribution in [3.8, 4) is 17.4 Å². The first-order valence-corrected chi connectivity index (χ1v) is 8.24. The standard InChI is InChI=1S/C18H12N6O5/c25-18(14-6-7-17(29-14)24(26)27)22-12-2-4-13(5-3-12)28-16-10-15(19-11-20-16)23-9-1-8-21-23/h1-11H,(H,22,25). The lowest BCUT2D eigenvalue weighted by atomic mass is 10.3. The number of hydrogen-bond donors (Lipinski definition) is 1. The highest BCUT2D eigenvalue weighted by Crippen LogP contribution is 2.23. The molecular weight excluding hydrogens is 380 g/mol. The van der Waals surface area contributed by atoms with Crippen LogP contribution in [0.3, 0.4) is 0 Å². The molecule has 3 heterocycles. The van der Waals surface area contributed by atoms with Crippen molar-refractivity contribution in [3.63, 3.8) is 0 Å². The summed E-state index contributed by atoms with van der Waals surface area (Å²) in [5, 5.41) is 17.3. The molecule has 144 valence electrons. The van der Waals surface area contributed by atoms with E-state index in [4.69, 9.17) is 9.15 Å². The van der Waals surface area contributed by atoms with Crippen LogP contribution in [0.4, 0.5) is 11.6 Å². The Labute approximate surface area is 162 Å². The molecule has 0 aliphatic carbocycles. The number of carbonyl (C=O) groups excluding carboxylic acids is 1. The Morgan fingerprint density at radius 3 is 2.69 bits per heavy atom. The van der Waals surface area contributed by atoms with Gasteiger partial charge >= 0.3 is 5.88 Å². The number of anilines is 1. The van der Waals surface area contributed by atoms with Crippen LogP contribution in [0.25, 0.3) is 5.82 Å². The number of ether oxygens (including phenoxy) is 1. The summed E-state index contributed by atoms with van der Waals surface area (Å²) in [6, 6.07) is 12.2. The highest BCUT2D eigenvalue weighted by atomic mass is 16.6. The molecule has 0 aliphatic heterocycles. The van der Waals surface area contributed by atoms with Crippen LogP contribution in [-0.4, -0.2) is 30.6 Å². The Morgan fingerprint density at radius 2 is 2.00 bits per heavy atom. The van der Waals surface area contributed by atoms with Crippen molar-refractivity contribution in [1.82, 2.24) is 19.7 Å². The zero-order valence-electron chi connectivity index (χ0n) is 14.6. The van der Waals surface area contributed by atoms with E-state index in [9.17, 15) is 14.9 Å². The van der Waals surface area contributed by atoms with E-state index in [0.29, 0.717) is 23.1 Å². The summed E-state index contributed by atoms with van der Waals surface area (Å²) < 4.78 is 12.1. The minimum atomic E-state index is -0.714. The Balaban J connectivity index is 1.42. The first-order chi connectivity index (χ1) is 14.1. The molecule has 0 fully saturated rings. The van der Waals surface area contributed by atoms with Gasteiger partial charge in [-0.3, -0.25) is 14.9 Å². The van der Waals surface area contributed by atoms with Gasteiger partial charge in [-0.2, -0.15) is 5.10 Å². The third kappa shape index (κ3) is 4.08. The van der Waals surface area contributed by atoms with Crippen LogP contribution < -0.4 is 10.1 Å². The van der Waals surface area contributed by atoms with Crippen LogP contribution in [0.5, 0.6) is 11.6 Å². The van der Waals surface area contributed by atoms with E-state index >= 15 is 0 Å². The Morgan fingerprint density at radius 1 is 1.17 bits per heavy atom. The second kappa shape index (κ2) is 7.60. The van der Waals surface area contributed by atoms with Gasteiger partial charge in [0.05, 0.1) is 6.07 Å². The molecule has 0 spiro atoms. The molecule has 1 amide bonds. The van der Waals surface area contributed by atoms with Gasteiger partial charge in [-0.05, 0) is 36.4 Å². The summed E-state index contributed by atoms with van der Waals surface area (Å²) in [6.45, 7) is 0. The molecule has 0 saturated carbocycles. The molecule has 0 saturated heterocycles. The lowest BCUT2D eigenvalue weighted by Crippen LogP contribution is -2.10. The van der Waals surface area contributed by atoms with Gasteiger partial charge in [-0.25, -0.2) is 14.6 Å². The summed E-state index contributed by atoms with van der Waals surface area (Å²) in [5.74, 6) is 0.0946. The topological polar surface area (TPSA) is 138 Å². The Kier molecular flexibility index (Phi) is 4.68. The molecule has 1 N–H and O–H groups in total. The van der Waals surface area contributed by atoms with Crippen LogP contribution in [0.15, 0.2) is 71.7 Å². The van der Waals surface area contributed by atoms with Crippen molar-refractivity contribution in [2.24, 2.45) is 0 Å². The van der Waals surface area contributed by atoms with E-state index in [-0.39, 0.29) is 5.76 Å². The Hall–Kier alpha value is -4.54. The van der Waals surface area contributed by atoms with Gasteiger partial charge in [-0.1, -0.05) is 0 Å². The van der Waals surface area contributed by atoms with Crippen LogP contribution in [0, 0.1) is 10.1 Å². The monoisotopic (exact) mass is 392 g/mol. The van der Waals surface area contributed by atoms with Crippen molar-refractivity contribution in [2.45, 2.75) is 0 Å². The van der Waals surface area contributed by atoms with Crippen LogP contribution >= 0.6 is 0 Å². The molecule has 4 rings (SSSR count). The molecule has 0 bridgehead atoms. The number of carbonyl (C=O) groups is 1. The number of hydrogen-bond acceptors (Lipinski definition) is 8. The third-order valence-electron chi connectivity index (χ3n) is 3.70. The average Bonchev–Trinajstić information content (AvgIpc) is 3.42. The molecule has 0 atom stereocenters. The molecule has 11 nitrogen and oxygen atoms in total. The SMILES string of the molecule is O=C(Nc1ccc(Oc2cc(-n3cccn3)ncn2)cc1)c1ccc([N+](=O)[O-])o1. The molecule has 3 aromatic heterocycles. The fourth-order valence-corrected chi connectivity index (χ4v) is 2.38. The van der Waals surface area contributed by atoms with Crippen LogP contribution in [0.1, 0.15) is 10.6 Å². The van der Waals surface area contributed by atoms with E-state index < -0.39 is 16.7 Å². The highest BCUT2D eigenvalue weighted by Gasteiger charge is 2.17. The van der Waals surface area contributed by atoms with Crippen molar-refractivity contribution in [2.75, 3.05) is 5.32 Å². The maximum atomic E-state index is 12.1. The first-order valence-electron chi connectivity index (χ1n) is 8.24. The van der Waals surface area contributed by atoms with Crippen molar-refractivity contribution in [1.29, 1.82) is 0 Å². The summed E-state index contributed by atoms with van der Waals surface area (Å²) in [7, 11) is 0. The number of furan rings is 1. The zero-order chi connectivity index (χ0) is 20.2. The minimum absolute atomic E-state index is 0.163. The van der Waals surface area contributed by atoms with E-state index in [1.165, 1.54) is 12.4 Å². The number of benzene rings is 1. The van der Waals surface area contributed by atoms with Crippen LogP contribution in [0.2, 0.25) is 0 Å². The average molecular weight is 392 g/mol. The number of rotatable bonds is 6. The maximum Gasteiger partial charge on any atom is 0.433 e. The lowest BCUT2D eigenvalue weighted by molar-refractivity contribution is -0.402. The quantitative estimate of drug-likeness (QED) is 0.390. The van der Waals surface area contributed by atoms with Crippen LogP contribution in [-0.2, 0) is 0 Å². The van der Waals surface area contributed by atoms with Crippen molar-refractivity contribution >= 4 is 17.5 Å². The van der Waals surface area contributed by atoms with Gasteiger partial charge in [0, 0.05) is 24.1 Å². The molecule has 29 heavy (non-hydrogen) atoms. The summed E-state index contributed by atoms with van der Waals surface area (Å²) in [4.78, 5) is 30.2. The van der Waals surface area contributed by atoms with Gasteiger partial charge < -0.3 is 14.5 Å². The van der Waals surface area contributed by atoms with Gasteiger partial charge in [0.2, 0.25) is 5.88 Å². The number of nitrogens with zero attached hydrogens (tertiary/aromatic N) is 5. The summed E-state index contributed by atoms with van der Waals surface area (Å²) >= 11 is 0. The largest absolute Gasteiger partial charge is 0.439 e. The van der Waals surface area contributed by atoms with Crippen molar-refractivity contribution < 1.29 is 18.9 Å². The predicted octanol–water partition coefficient (Wildman–Crippen LogP) is 3.21. The molecule has 0 unspecified atom stereocenters. The number of nitro groups is 1. The van der Waals surface area contributed by atoms with Gasteiger partial charge in [0.25, 0.3) is 5.91 Å². The fourth-order valence-electron chi connectivity index (χ4n) is 2.38. The minimum Gasteiger partial charge on any atom is -0.439 e. The Bertz CT molecular complexity index is 1150. The third-order valence-corrected chi connectivity index (χ3v) is 3.70. The molecule has 1 aromatic carbocycles. The zero-order valence-corrected chi connectivity index (χ0v) is 14.6. The van der Waals surface area contributed by atoms with Gasteiger partial charge in [-0.15, -0.1) is 0 Å². The normalized spacial score (nSPS) is 10.5. The first kappa shape index (κ1) is 17.9. The predicted molar refractivity (Wildman–Crippen MR) is 99.0 cm³/mol. The number of amides is 1. The van der Waals surface area contributed by atoms with E-state index in [1.807, 2.05) is 0 Å². The van der Waals surface area contributed by atoms with E-state index in [2.05, 4.69) is 20.4 Å². The second-order valence-electron chi connectivity index (χ2n) is 5.64. The highest BCUT2D eigenvalue weighted by molar-refractivity contribution is 6.02. The number of nitrogens with one attached hydrogen (secondary N) is 1. The maximum absolute atomic E-state index is 12.1. The molecule has 4 aromatic rings. The number of aromatic nitrogens is 4. The summed E-state index contributed by atoms with van der Waals surface area (Å²) in [5.41, 5.74) is 0.460. The second-order valence-corrected chi connectivity index (χ2v) is 5.64. The fraction of sp³-hybridized carbons (Fsp3) is 0.